The fourth-order valence-electron chi connectivity index (χ4n) is 2.13. The molecule has 2 aromatic rings. The molecule has 4 nitrogen and oxygen atoms in total. The van der Waals surface area contributed by atoms with E-state index >= 15 is 0 Å². The summed E-state index contributed by atoms with van der Waals surface area (Å²) in [6.07, 6.45) is -0.265. The maximum absolute atomic E-state index is 13.6. The highest BCUT2D eigenvalue weighted by Crippen LogP contribution is 2.24. The summed E-state index contributed by atoms with van der Waals surface area (Å²) < 4.78 is 19.3. The highest BCUT2D eigenvalue weighted by molar-refractivity contribution is 5.58. The first-order chi connectivity index (χ1) is 10.2. The van der Waals surface area contributed by atoms with Gasteiger partial charge in [0.25, 0.3) is 0 Å². The van der Waals surface area contributed by atoms with Crippen molar-refractivity contribution in [3.8, 4) is 11.3 Å². The molecule has 0 aliphatic rings. The van der Waals surface area contributed by atoms with Gasteiger partial charge in [-0.3, -0.25) is 0 Å². The maximum Gasteiger partial charge on any atom is 0.158 e. The van der Waals surface area contributed by atoms with Crippen LogP contribution in [0, 0.1) is 5.82 Å². The van der Waals surface area contributed by atoms with E-state index in [1.165, 1.54) is 6.07 Å². The standard InChI is InChI=1S/C16H21FN2O2/c1-12(20)10-18-8-9-19-11-13-6-7-16(21-13)14-4-2-3-5-15(14)17/h2-7,12,18-20H,8-11H2,1H3/p+2/t12-/m1/s1. The quantitative estimate of drug-likeness (QED) is 0.604. The van der Waals surface area contributed by atoms with Crippen molar-refractivity contribution >= 4 is 0 Å². The van der Waals surface area contributed by atoms with Gasteiger partial charge in [-0.2, -0.15) is 0 Å². The molecule has 0 aliphatic heterocycles. The fourth-order valence-corrected chi connectivity index (χ4v) is 2.13. The molecule has 1 aromatic heterocycles. The number of nitrogens with two attached hydrogens (primary N) is 2. The Hall–Kier alpha value is -1.69. The molecule has 0 saturated carbocycles. The highest BCUT2D eigenvalue weighted by Gasteiger charge is 2.09. The number of quaternary nitrogens is 2. The van der Waals surface area contributed by atoms with Crippen LogP contribution in [0.15, 0.2) is 40.8 Å². The summed E-state index contributed by atoms with van der Waals surface area (Å²) in [6.45, 7) is 5.14. The van der Waals surface area contributed by atoms with Gasteiger partial charge >= 0.3 is 0 Å². The molecule has 1 atom stereocenters. The van der Waals surface area contributed by atoms with Crippen molar-refractivity contribution < 1.29 is 24.5 Å². The third kappa shape index (κ3) is 4.97. The first kappa shape index (κ1) is 15.7. The van der Waals surface area contributed by atoms with E-state index in [0.717, 1.165) is 31.9 Å². The largest absolute Gasteiger partial charge is 0.455 e. The van der Waals surface area contributed by atoms with Gasteiger partial charge in [-0.25, -0.2) is 4.39 Å². The Balaban J connectivity index is 1.78. The minimum Gasteiger partial charge on any atom is -0.455 e. The van der Waals surface area contributed by atoms with Crippen molar-refractivity contribution in [2.75, 3.05) is 19.6 Å². The monoisotopic (exact) mass is 294 g/mol. The van der Waals surface area contributed by atoms with E-state index in [1.54, 1.807) is 31.2 Å². The first-order valence-electron chi connectivity index (χ1n) is 7.32. The van der Waals surface area contributed by atoms with Crippen molar-refractivity contribution in [1.82, 2.24) is 0 Å². The van der Waals surface area contributed by atoms with E-state index in [9.17, 15) is 4.39 Å². The summed E-state index contributed by atoms with van der Waals surface area (Å²) in [6, 6.07) is 10.3. The van der Waals surface area contributed by atoms with E-state index in [-0.39, 0.29) is 11.9 Å². The number of hydrogen-bond donors (Lipinski definition) is 3. The molecule has 0 amide bonds. The van der Waals surface area contributed by atoms with Crippen molar-refractivity contribution in [2.24, 2.45) is 0 Å². The summed E-state index contributed by atoms with van der Waals surface area (Å²) in [4.78, 5) is 0. The van der Waals surface area contributed by atoms with Crippen molar-refractivity contribution in [3.63, 3.8) is 0 Å². The molecule has 0 spiro atoms. The molecule has 0 bridgehead atoms. The van der Waals surface area contributed by atoms with Gasteiger partial charge in [0, 0.05) is 0 Å². The number of halogens is 1. The van der Waals surface area contributed by atoms with Gasteiger partial charge in [0.1, 0.15) is 37.8 Å². The zero-order chi connectivity index (χ0) is 15.1. The van der Waals surface area contributed by atoms with Crippen molar-refractivity contribution in [2.45, 2.75) is 19.6 Å². The van der Waals surface area contributed by atoms with E-state index in [1.807, 2.05) is 6.07 Å². The lowest BCUT2D eigenvalue weighted by molar-refractivity contribution is -0.733. The van der Waals surface area contributed by atoms with E-state index < -0.39 is 0 Å². The van der Waals surface area contributed by atoms with Gasteiger partial charge in [0.2, 0.25) is 0 Å². The number of furan rings is 1. The van der Waals surface area contributed by atoms with Gasteiger partial charge < -0.3 is 20.2 Å². The van der Waals surface area contributed by atoms with Crippen LogP contribution in [0.4, 0.5) is 4.39 Å². The van der Waals surface area contributed by atoms with E-state index in [4.69, 9.17) is 9.52 Å². The zero-order valence-corrected chi connectivity index (χ0v) is 12.3. The second-order valence-corrected chi connectivity index (χ2v) is 5.19. The molecule has 2 rings (SSSR count). The molecule has 21 heavy (non-hydrogen) atoms. The number of benzene rings is 1. The minimum absolute atomic E-state index is 0.265. The molecule has 5 N–H and O–H groups in total. The summed E-state index contributed by atoms with van der Waals surface area (Å²) in [5, 5.41) is 13.4. The van der Waals surface area contributed by atoms with E-state index in [2.05, 4.69) is 10.6 Å². The van der Waals surface area contributed by atoms with Crippen LogP contribution in [0.5, 0.6) is 0 Å². The molecule has 1 aromatic carbocycles. The maximum atomic E-state index is 13.6. The van der Waals surface area contributed by atoms with Gasteiger partial charge in [-0.1, -0.05) is 12.1 Å². The lowest BCUT2D eigenvalue weighted by Gasteiger charge is -2.03. The van der Waals surface area contributed by atoms with Crippen LogP contribution in [0.1, 0.15) is 12.7 Å². The average Bonchev–Trinajstić information content (AvgIpc) is 2.91. The number of aliphatic hydroxyl groups excluding tert-OH is 1. The van der Waals surface area contributed by atoms with Crippen molar-refractivity contribution in [3.05, 3.63) is 48.0 Å². The number of aliphatic hydroxyl groups is 1. The van der Waals surface area contributed by atoms with Gasteiger partial charge in [-0.05, 0) is 31.2 Å². The Morgan fingerprint density at radius 2 is 1.90 bits per heavy atom. The van der Waals surface area contributed by atoms with Crippen LogP contribution in [-0.4, -0.2) is 30.8 Å². The van der Waals surface area contributed by atoms with Gasteiger partial charge in [-0.15, -0.1) is 0 Å². The molecule has 5 heteroatoms. The van der Waals surface area contributed by atoms with Crippen LogP contribution in [0.3, 0.4) is 0 Å². The predicted molar refractivity (Wildman–Crippen MR) is 77.9 cm³/mol. The molecule has 114 valence electrons. The lowest BCUT2D eigenvalue weighted by atomic mass is 10.1. The highest BCUT2D eigenvalue weighted by atomic mass is 19.1. The third-order valence-corrected chi connectivity index (χ3v) is 3.23. The third-order valence-electron chi connectivity index (χ3n) is 3.23. The lowest BCUT2D eigenvalue weighted by Crippen LogP contribution is -2.95. The number of hydrogen-bond acceptors (Lipinski definition) is 2. The predicted octanol–water partition coefficient (Wildman–Crippen LogP) is 0.0933. The molecule has 0 aliphatic carbocycles. The Kier molecular flexibility index (Phi) is 5.92. The number of rotatable bonds is 8. The summed E-state index contributed by atoms with van der Waals surface area (Å²) in [7, 11) is 0. The topological polar surface area (TPSA) is 66.6 Å². The molecule has 0 unspecified atom stereocenters. The minimum atomic E-state index is -0.268. The summed E-state index contributed by atoms with van der Waals surface area (Å²) >= 11 is 0. The second-order valence-electron chi connectivity index (χ2n) is 5.19. The molecular formula is C16H23FN2O2+2. The SMILES string of the molecule is C[C@@H](O)C[NH2+]CC[NH2+]Cc1ccc(-c2ccccc2F)o1. The Morgan fingerprint density at radius 3 is 2.67 bits per heavy atom. The summed E-state index contributed by atoms with van der Waals surface area (Å²) in [5.41, 5.74) is 0.494. The van der Waals surface area contributed by atoms with Crippen LogP contribution in [0.25, 0.3) is 11.3 Å². The normalized spacial score (nSPS) is 12.5. The average molecular weight is 294 g/mol. The van der Waals surface area contributed by atoms with Crippen LogP contribution in [0.2, 0.25) is 0 Å². The smallest absolute Gasteiger partial charge is 0.158 e. The Morgan fingerprint density at radius 1 is 1.14 bits per heavy atom. The van der Waals surface area contributed by atoms with Gasteiger partial charge in [0.05, 0.1) is 11.7 Å². The zero-order valence-electron chi connectivity index (χ0n) is 12.3. The first-order valence-corrected chi connectivity index (χ1v) is 7.32. The Bertz CT molecular complexity index is 555. The molecule has 1 heterocycles. The van der Waals surface area contributed by atoms with Crippen LogP contribution < -0.4 is 10.6 Å². The second kappa shape index (κ2) is 7.93. The Labute approximate surface area is 124 Å². The van der Waals surface area contributed by atoms with Crippen molar-refractivity contribution in [1.29, 1.82) is 0 Å². The summed E-state index contributed by atoms with van der Waals surface area (Å²) in [5.74, 6) is 1.14. The van der Waals surface area contributed by atoms with Crippen LogP contribution >= 0.6 is 0 Å². The van der Waals surface area contributed by atoms with Crippen LogP contribution in [-0.2, 0) is 6.54 Å². The molecule has 0 radical (unpaired) electrons. The fraction of sp³-hybridized carbons (Fsp3) is 0.375. The van der Waals surface area contributed by atoms with Gasteiger partial charge in [0.15, 0.2) is 5.76 Å². The molecule has 0 fully saturated rings. The van der Waals surface area contributed by atoms with E-state index in [0.29, 0.717) is 11.3 Å². The molecule has 0 saturated heterocycles. The molecular weight excluding hydrogens is 271 g/mol.